The Morgan fingerprint density at radius 3 is 2.76 bits per heavy atom. The van der Waals surface area contributed by atoms with Crippen LogP contribution in [0.25, 0.3) is 0 Å². The largest absolute Gasteiger partial charge is 0.294 e. The Hall–Kier alpha value is -1.55. The Balaban J connectivity index is 2.24. The molecule has 0 atom stereocenters. The summed E-state index contributed by atoms with van der Waals surface area (Å²) in [6, 6.07) is 8.79. The third kappa shape index (κ3) is 2.77. The highest BCUT2D eigenvalue weighted by molar-refractivity contribution is 9.10. The van der Waals surface area contributed by atoms with Gasteiger partial charge in [0.15, 0.2) is 11.6 Å². The first-order valence-electron chi connectivity index (χ1n) is 5.04. The molecule has 0 fully saturated rings. The lowest BCUT2D eigenvalue weighted by Crippen LogP contribution is -2.06. The highest BCUT2D eigenvalue weighted by Crippen LogP contribution is 2.18. The number of aromatic nitrogens is 1. The zero-order chi connectivity index (χ0) is 12.3. The van der Waals surface area contributed by atoms with E-state index in [1.54, 1.807) is 0 Å². The van der Waals surface area contributed by atoms with E-state index < -0.39 is 5.82 Å². The topological polar surface area (TPSA) is 30.0 Å². The van der Waals surface area contributed by atoms with Crippen LogP contribution in [-0.4, -0.2) is 10.8 Å². The molecule has 0 unspecified atom stereocenters. The second kappa shape index (κ2) is 5.19. The monoisotopic (exact) mass is 293 g/mol. The predicted molar refractivity (Wildman–Crippen MR) is 66.4 cm³/mol. The van der Waals surface area contributed by atoms with Gasteiger partial charge in [0.1, 0.15) is 0 Å². The second-order valence-corrected chi connectivity index (χ2v) is 4.40. The van der Waals surface area contributed by atoms with Crippen LogP contribution in [0, 0.1) is 5.82 Å². The van der Waals surface area contributed by atoms with Gasteiger partial charge in [-0.1, -0.05) is 34.1 Å². The summed E-state index contributed by atoms with van der Waals surface area (Å²) >= 11 is 3.36. The van der Waals surface area contributed by atoms with Crippen LogP contribution in [0.4, 0.5) is 4.39 Å². The van der Waals surface area contributed by atoms with Crippen LogP contribution in [0.3, 0.4) is 0 Å². The smallest absolute Gasteiger partial charge is 0.170 e. The molecule has 2 rings (SSSR count). The minimum absolute atomic E-state index is 0.0794. The van der Waals surface area contributed by atoms with Crippen molar-refractivity contribution in [2.75, 3.05) is 0 Å². The Morgan fingerprint density at radius 1 is 1.29 bits per heavy atom. The summed E-state index contributed by atoms with van der Waals surface area (Å²) in [5, 5.41) is 0. The fourth-order valence-corrected chi connectivity index (χ4v) is 1.94. The minimum atomic E-state index is -0.579. The molecule has 86 valence electrons. The number of hydrogen-bond donors (Lipinski definition) is 0. The van der Waals surface area contributed by atoms with Crippen molar-refractivity contribution in [3.63, 3.8) is 0 Å². The molecule has 0 aliphatic carbocycles. The van der Waals surface area contributed by atoms with E-state index in [2.05, 4.69) is 20.9 Å². The van der Waals surface area contributed by atoms with Crippen molar-refractivity contribution in [1.82, 2.24) is 4.98 Å². The van der Waals surface area contributed by atoms with Crippen molar-refractivity contribution in [2.45, 2.75) is 6.42 Å². The van der Waals surface area contributed by atoms with Gasteiger partial charge in [0.05, 0.1) is 11.8 Å². The van der Waals surface area contributed by atoms with Gasteiger partial charge in [-0.15, -0.1) is 0 Å². The molecule has 1 aromatic carbocycles. The van der Waals surface area contributed by atoms with E-state index >= 15 is 0 Å². The highest BCUT2D eigenvalue weighted by Gasteiger charge is 2.13. The molecule has 0 spiro atoms. The molecule has 0 radical (unpaired) electrons. The van der Waals surface area contributed by atoms with Crippen LogP contribution >= 0.6 is 15.9 Å². The van der Waals surface area contributed by atoms with E-state index in [0.29, 0.717) is 0 Å². The van der Waals surface area contributed by atoms with E-state index in [4.69, 9.17) is 0 Å². The molecule has 2 aromatic rings. The fraction of sp³-hybridized carbons (Fsp3) is 0.0769. The maximum atomic E-state index is 13.3. The molecule has 1 aromatic heterocycles. The molecule has 0 N–H and O–H groups in total. The van der Waals surface area contributed by atoms with Crippen molar-refractivity contribution < 1.29 is 9.18 Å². The van der Waals surface area contributed by atoms with Gasteiger partial charge in [-0.05, 0) is 17.7 Å². The molecule has 0 aliphatic rings. The van der Waals surface area contributed by atoms with Crippen molar-refractivity contribution in [1.29, 1.82) is 0 Å². The SMILES string of the molecule is O=C(Cc1ccccc1Br)c1ccncc1F. The zero-order valence-corrected chi connectivity index (χ0v) is 10.4. The van der Waals surface area contributed by atoms with Crippen LogP contribution in [0.15, 0.2) is 47.2 Å². The molecule has 0 amide bonds. The number of hydrogen-bond acceptors (Lipinski definition) is 2. The Morgan fingerprint density at radius 2 is 2.06 bits per heavy atom. The molecule has 2 nitrogen and oxygen atoms in total. The number of rotatable bonds is 3. The first-order valence-corrected chi connectivity index (χ1v) is 5.84. The van der Waals surface area contributed by atoms with Crippen LogP contribution in [0.2, 0.25) is 0 Å². The number of carbonyl (C=O) groups is 1. The molecular formula is C13H9BrFNO. The van der Waals surface area contributed by atoms with E-state index in [-0.39, 0.29) is 17.8 Å². The first kappa shape index (κ1) is 11.9. The summed E-state index contributed by atoms with van der Waals surface area (Å²) in [6.07, 6.45) is 2.63. The Kier molecular flexibility index (Phi) is 3.64. The summed E-state index contributed by atoms with van der Waals surface area (Å²) in [5.41, 5.74) is 0.921. The van der Waals surface area contributed by atoms with Gasteiger partial charge in [-0.3, -0.25) is 9.78 Å². The standard InChI is InChI=1S/C13H9BrFNO/c14-11-4-2-1-3-9(11)7-13(17)10-5-6-16-8-12(10)15/h1-6,8H,7H2. The molecule has 0 saturated heterocycles. The number of ketones is 1. The van der Waals surface area contributed by atoms with E-state index in [0.717, 1.165) is 16.2 Å². The summed E-state index contributed by atoms with van der Waals surface area (Å²) in [6.45, 7) is 0. The summed E-state index contributed by atoms with van der Waals surface area (Å²) in [5.74, 6) is -0.832. The quantitative estimate of drug-likeness (QED) is 0.812. The second-order valence-electron chi connectivity index (χ2n) is 3.55. The van der Waals surface area contributed by atoms with Crippen molar-refractivity contribution >= 4 is 21.7 Å². The third-order valence-corrected chi connectivity index (χ3v) is 3.16. The summed E-state index contributed by atoms with van der Waals surface area (Å²) < 4.78 is 14.2. The van der Waals surface area contributed by atoms with Crippen molar-refractivity contribution in [2.24, 2.45) is 0 Å². The Labute approximate surface area is 107 Å². The predicted octanol–water partition coefficient (Wildman–Crippen LogP) is 3.41. The molecule has 17 heavy (non-hydrogen) atoms. The molecular weight excluding hydrogens is 285 g/mol. The van der Waals surface area contributed by atoms with Crippen LogP contribution < -0.4 is 0 Å². The molecule has 0 aliphatic heterocycles. The lowest BCUT2D eigenvalue weighted by atomic mass is 10.0. The molecule has 0 bridgehead atoms. The lowest BCUT2D eigenvalue weighted by Gasteiger charge is -2.04. The molecule has 4 heteroatoms. The van der Waals surface area contributed by atoms with Gasteiger partial charge < -0.3 is 0 Å². The van der Waals surface area contributed by atoms with Gasteiger partial charge in [0.25, 0.3) is 0 Å². The lowest BCUT2D eigenvalue weighted by molar-refractivity contribution is 0.0989. The number of nitrogens with zero attached hydrogens (tertiary/aromatic N) is 1. The van der Waals surface area contributed by atoms with E-state index in [1.807, 2.05) is 24.3 Å². The van der Waals surface area contributed by atoms with Gasteiger partial charge >= 0.3 is 0 Å². The average molecular weight is 294 g/mol. The van der Waals surface area contributed by atoms with Gasteiger partial charge in [-0.2, -0.15) is 0 Å². The van der Waals surface area contributed by atoms with Crippen molar-refractivity contribution in [3.8, 4) is 0 Å². The minimum Gasteiger partial charge on any atom is -0.294 e. The maximum absolute atomic E-state index is 13.3. The van der Waals surface area contributed by atoms with E-state index in [1.165, 1.54) is 12.3 Å². The van der Waals surface area contributed by atoms with Crippen LogP contribution in [-0.2, 0) is 6.42 Å². The zero-order valence-electron chi connectivity index (χ0n) is 8.86. The first-order chi connectivity index (χ1) is 8.18. The normalized spacial score (nSPS) is 10.2. The number of pyridine rings is 1. The molecule has 0 saturated carbocycles. The summed E-state index contributed by atoms with van der Waals surface area (Å²) in [4.78, 5) is 15.5. The number of carbonyl (C=O) groups excluding carboxylic acids is 1. The number of benzene rings is 1. The van der Waals surface area contributed by atoms with Gasteiger partial charge in [-0.25, -0.2) is 4.39 Å². The third-order valence-electron chi connectivity index (χ3n) is 2.38. The number of halogens is 2. The average Bonchev–Trinajstić information content (AvgIpc) is 2.32. The fourth-order valence-electron chi connectivity index (χ4n) is 1.51. The highest BCUT2D eigenvalue weighted by atomic mass is 79.9. The maximum Gasteiger partial charge on any atom is 0.170 e. The molecule has 1 heterocycles. The van der Waals surface area contributed by atoms with Gasteiger partial charge in [0, 0.05) is 17.1 Å². The van der Waals surface area contributed by atoms with E-state index in [9.17, 15) is 9.18 Å². The van der Waals surface area contributed by atoms with Crippen LogP contribution in [0.1, 0.15) is 15.9 Å². The van der Waals surface area contributed by atoms with Crippen molar-refractivity contribution in [3.05, 3.63) is 64.1 Å². The Bertz CT molecular complexity index is 557. The number of Topliss-reactive ketones (excluding diaryl/α,β-unsaturated/α-hetero) is 1. The van der Waals surface area contributed by atoms with Gasteiger partial charge in [0.2, 0.25) is 0 Å². The van der Waals surface area contributed by atoms with Crippen LogP contribution in [0.5, 0.6) is 0 Å². The summed E-state index contributed by atoms with van der Waals surface area (Å²) in [7, 11) is 0.